The Hall–Kier alpha value is -1.79. The van der Waals surface area contributed by atoms with Crippen LogP contribution in [0.4, 0.5) is 4.39 Å². The van der Waals surface area contributed by atoms with E-state index in [1.54, 1.807) is 19.1 Å². The molecule has 1 aliphatic rings. The number of morpholine rings is 1. The fraction of sp³-hybridized carbons (Fsp3) is 0.429. The minimum atomic E-state index is -0.212. The summed E-state index contributed by atoms with van der Waals surface area (Å²) in [6.07, 6.45) is -0.165. The van der Waals surface area contributed by atoms with Crippen molar-refractivity contribution in [1.82, 2.24) is 15.0 Å². The number of hydrogen-bond donors (Lipinski definition) is 0. The lowest BCUT2D eigenvalue weighted by molar-refractivity contribution is -0.0380. The third-order valence-corrected chi connectivity index (χ3v) is 3.30. The van der Waals surface area contributed by atoms with E-state index in [1.165, 1.54) is 12.1 Å². The predicted molar refractivity (Wildman–Crippen MR) is 69.4 cm³/mol. The second-order valence-electron chi connectivity index (χ2n) is 4.89. The Morgan fingerprint density at radius 2 is 2.15 bits per heavy atom. The zero-order valence-corrected chi connectivity index (χ0v) is 11.3. The topological polar surface area (TPSA) is 51.4 Å². The van der Waals surface area contributed by atoms with Gasteiger partial charge in [0.05, 0.1) is 6.61 Å². The van der Waals surface area contributed by atoms with Gasteiger partial charge in [-0.25, -0.2) is 4.39 Å². The molecule has 1 atom stereocenters. The number of aryl methyl sites for hydroxylation is 1. The Kier molecular flexibility index (Phi) is 3.75. The maximum absolute atomic E-state index is 12.9. The molecular formula is C14H16FN3O2. The highest BCUT2D eigenvalue weighted by Gasteiger charge is 2.25. The van der Waals surface area contributed by atoms with E-state index in [-0.39, 0.29) is 11.9 Å². The summed E-state index contributed by atoms with van der Waals surface area (Å²) in [6, 6.07) is 6.57. The molecule has 1 fully saturated rings. The summed E-state index contributed by atoms with van der Waals surface area (Å²) in [6.45, 7) is 4.69. The Morgan fingerprint density at radius 1 is 1.35 bits per heavy atom. The molecule has 3 rings (SSSR count). The second kappa shape index (κ2) is 5.68. The summed E-state index contributed by atoms with van der Waals surface area (Å²) in [4.78, 5) is 6.45. The summed E-state index contributed by atoms with van der Waals surface area (Å²) in [5.74, 6) is 0.918. The van der Waals surface area contributed by atoms with Crippen LogP contribution in [0.15, 0.2) is 28.8 Å². The average Bonchev–Trinajstić information content (AvgIpc) is 2.89. The van der Waals surface area contributed by atoms with Crippen molar-refractivity contribution < 1.29 is 13.7 Å². The van der Waals surface area contributed by atoms with Gasteiger partial charge in [-0.1, -0.05) is 17.3 Å². The minimum absolute atomic E-state index is 0.165. The smallest absolute Gasteiger partial charge is 0.223 e. The maximum atomic E-state index is 12.9. The van der Waals surface area contributed by atoms with Crippen molar-refractivity contribution in [2.45, 2.75) is 19.6 Å². The van der Waals surface area contributed by atoms with Gasteiger partial charge >= 0.3 is 0 Å². The van der Waals surface area contributed by atoms with Gasteiger partial charge in [0, 0.05) is 26.6 Å². The fourth-order valence-corrected chi connectivity index (χ4v) is 2.30. The van der Waals surface area contributed by atoms with Gasteiger partial charge in [-0.2, -0.15) is 4.98 Å². The molecule has 0 aliphatic carbocycles. The lowest BCUT2D eigenvalue weighted by atomic mass is 10.2. The van der Waals surface area contributed by atoms with Crippen molar-refractivity contribution in [2.75, 3.05) is 19.7 Å². The van der Waals surface area contributed by atoms with E-state index in [9.17, 15) is 4.39 Å². The summed E-state index contributed by atoms with van der Waals surface area (Å²) in [5.41, 5.74) is 1.08. The molecule has 1 aromatic heterocycles. The minimum Gasteiger partial charge on any atom is -0.367 e. The number of nitrogens with zero attached hydrogens (tertiary/aromatic N) is 3. The van der Waals surface area contributed by atoms with Gasteiger partial charge in [0.25, 0.3) is 0 Å². The number of halogens is 1. The van der Waals surface area contributed by atoms with E-state index in [4.69, 9.17) is 9.26 Å². The molecule has 106 valence electrons. The Balaban J connectivity index is 1.64. The van der Waals surface area contributed by atoms with Gasteiger partial charge in [-0.3, -0.25) is 4.90 Å². The van der Waals surface area contributed by atoms with Gasteiger partial charge in [0.1, 0.15) is 11.9 Å². The molecule has 0 N–H and O–H groups in total. The van der Waals surface area contributed by atoms with E-state index in [0.29, 0.717) is 24.9 Å². The molecule has 0 spiro atoms. The molecule has 0 unspecified atom stereocenters. The highest BCUT2D eigenvalue weighted by Crippen LogP contribution is 2.21. The predicted octanol–water partition coefficient (Wildman–Crippen LogP) is 2.09. The lowest BCUT2D eigenvalue weighted by Gasteiger charge is -2.31. The quantitative estimate of drug-likeness (QED) is 0.860. The third kappa shape index (κ3) is 3.02. The average molecular weight is 277 g/mol. The van der Waals surface area contributed by atoms with Crippen molar-refractivity contribution in [2.24, 2.45) is 0 Å². The Bertz CT molecular complexity index is 570. The molecule has 0 amide bonds. The first-order valence-electron chi connectivity index (χ1n) is 6.59. The van der Waals surface area contributed by atoms with Crippen LogP contribution in [0.1, 0.15) is 23.4 Å². The largest absolute Gasteiger partial charge is 0.367 e. The van der Waals surface area contributed by atoms with E-state index in [0.717, 1.165) is 18.7 Å². The van der Waals surface area contributed by atoms with Gasteiger partial charge in [-0.05, 0) is 17.7 Å². The standard InChI is InChI=1S/C14H16FN3O2/c1-10-16-14(17-20-10)13-9-18(6-7-19-13)8-11-2-4-12(15)5-3-11/h2-5,13H,6-9H2,1H3/t13-/m0/s1. The van der Waals surface area contributed by atoms with Crippen LogP contribution in [-0.2, 0) is 11.3 Å². The summed E-state index contributed by atoms with van der Waals surface area (Å²) in [5, 5.41) is 3.91. The van der Waals surface area contributed by atoms with Crippen molar-refractivity contribution >= 4 is 0 Å². The first kappa shape index (κ1) is 13.2. The highest BCUT2D eigenvalue weighted by molar-refractivity contribution is 5.16. The molecule has 6 heteroatoms. The summed E-state index contributed by atoms with van der Waals surface area (Å²) >= 11 is 0. The van der Waals surface area contributed by atoms with E-state index >= 15 is 0 Å². The first-order chi connectivity index (χ1) is 9.70. The van der Waals surface area contributed by atoms with Crippen LogP contribution in [0.25, 0.3) is 0 Å². The number of rotatable bonds is 3. The second-order valence-corrected chi connectivity index (χ2v) is 4.89. The molecule has 0 radical (unpaired) electrons. The van der Waals surface area contributed by atoms with Crippen LogP contribution in [-0.4, -0.2) is 34.7 Å². The van der Waals surface area contributed by atoms with E-state index in [2.05, 4.69) is 15.0 Å². The molecule has 20 heavy (non-hydrogen) atoms. The third-order valence-electron chi connectivity index (χ3n) is 3.30. The van der Waals surface area contributed by atoms with Crippen molar-refractivity contribution in [3.8, 4) is 0 Å². The van der Waals surface area contributed by atoms with Gasteiger partial charge in [0.15, 0.2) is 0 Å². The normalized spacial score (nSPS) is 20.2. The number of benzene rings is 1. The van der Waals surface area contributed by atoms with E-state index in [1.807, 2.05) is 0 Å². The molecule has 2 aromatic rings. The van der Waals surface area contributed by atoms with Gasteiger partial charge < -0.3 is 9.26 Å². The lowest BCUT2D eigenvalue weighted by Crippen LogP contribution is -2.38. The SMILES string of the molecule is Cc1nc([C@@H]2CN(Cc3ccc(F)cc3)CCO2)no1. The molecule has 0 saturated carbocycles. The van der Waals surface area contributed by atoms with Crippen LogP contribution in [0.2, 0.25) is 0 Å². The van der Waals surface area contributed by atoms with Crippen molar-refractivity contribution in [1.29, 1.82) is 0 Å². The molecule has 2 heterocycles. The Labute approximate surface area is 116 Å². The zero-order valence-electron chi connectivity index (χ0n) is 11.3. The van der Waals surface area contributed by atoms with Crippen LogP contribution in [0.5, 0.6) is 0 Å². The Morgan fingerprint density at radius 3 is 2.85 bits per heavy atom. The summed E-state index contributed by atoms with van der Waals surface area (Å²) in [7, 11) is 0. The van der Waals surface area contributed by atoms with Gasteiger partial charge in [0.2, 0.25) is 11.7 Å². The van der Waals surface area contributed by atoms with Gasteiger partial charge in [-0.15, -0.1) is 0 Å². The van der Waals surface area contributed by atoms with Crippen LogP contribution in [0, 0.1) is 12.7 Å². The number of hydrogen-bond acceptors (Lipinski definition) is 5. The maximum Gasteiger partial charge on any atom is 0.223 e. The van der Waals surface area contributed by atoms with Crippen molar-refractivity contribution in [3.05, 3.63) is 47.4 Å². The molecule has 0 bridgehead atoms. The molecule has 1 aliphatic heterocycles. The molecule has 5 nitrogen and oxygen atoms in total. The van der Waals surface area contributed by atoms with E-state index < -0.39 is 0 Å². The van der Waals surface area contributed by atoms with Crippen LogP contribution >= 0.6 is 0 Å². The summed E-state index contributed by atoms with van der Waals surface area (Å²) < 4.78 is 23.6. The van der Waals surface area contributed by atoms with Crippen LogP contribution < -0.4 is 0 Å². The first-order valence-corrected chi connectivity index (χ1v) is 6.59. The zero-order chi connectivity index (χ0) is 13.9. The fourth-order valence-electron chi connectivity index (χ4n) is 2.30. The van der Waals surface area contributed by atoms with Crippen molar-refractivity contribution in [3.63, 3.8) is 0 Å². The molecular weight excluding hydrogens is 261 g/mol. The number of aromatic nitrogens is 2. The highest BCUT2D eigenvalue weighted by atomic mass is 19.1. The van der Waals surface area contributed by atoms with Crippen LogP contribution in [0.3, 0.4) is 0 Å². The molecule has 1 aromatic carbocycles. The monoisotopic (exact) mass is 277 g/mol. The number of ether oxygens (including phenoxy) is 1. The molecule has 1 saturated heterocycles.